The first-order valence-corrected chi connectivity index (χ1v) is 8.61. The molecule has 2 N–H and O–H groups in total. The van der Waals surface area contributed by atoms with E-state index in [1.807, 2.05) is 11.3 Å². The maximum atomic E-state index is 6.35. The average molecular weight is 280 g/mol. The fourth-order valence-corrected chi connectivity index (χ4v) is 3.97. The molecule has 0 aliphatic heterocycles. The zero-order valence-electron chi connectivity index (χ0n) is 12.3. The van der Waals surface area contributed by atoms with E-state index in [2.05, 4.69) is 36.3 Å². The Hall–Kier alpha value is -0.380. The first kappa shape index (κ1) is 15.0. The lowest BCUT2D eigenvalue weighted by Crippen LogP contribution is -2.42. The molecule has 0 amide bonds. The van der Waals surface area contributed by atoms with Crippen LogP contribution < -0.4 is 5.73 Å². The number of hydrogen-bond donors (Lipinski definition) is 1. The van der Waals surface area contributed by atoms with Crippen LogP contribution in [0.2, 0.25) is 0 Å². The first-order valence-electron chi connectivity index (χ1n) is 7.73. The van der Waals surface area contributed by atoms with Crippen LogP contribution in [0, 0.1) is 11.8 Å². The third-order valence-corrected chi connectivity index (χ3v) is 5.49. The van der Waals surface area contributed by atoms with Gasteiger partial charge in [0, 0.05) is 24.0 Å². The summed E-state index contributed by atoms with van der Waals surface area (Å²) in [6, 6.07) is 4.80. The maximum absolute atomic E-state index is 6.35. The van der Waals surface area contributed by atoms with E-state index >= 15 is 0 Å². The molecule has 2 rings (SSSR count). The Balaban J connectivity index is 1.89. The minimum Gasteiger partial charge on any atom is -0.327 e. The fraction of sp³-hybridized carbons (Fsp3) is 0.750. The third-order valence-electron chi connectivity index (χ3n) is 4.63. The Morgan fingerprint density at radius 3 is 2.84 bits per heavy atom. The van der Waals surface area contributed by atoms with Crippen LogP contribution in [-0.4, -0.2) is 24.0 Å². The van der Waals surface area contributed by atoms with E-state index in [9.17, 15) is 0 Å². The number of nitrogens with two attached hydrogens (primary N) is 1. The molecule has 1 aliphatic rings. The van der Waals surface area contributed by atoms with E-state index in [0.29, 0.717) is 12.0 Å². The molecule has 1 aromatic rings. The predicted octanol–water partition coefficient (Wildman–Crippen LogP) is 3.72. The highest BCUT2D eigenvalue weighted by atomic mass is 32.1. The minimum atomic E-state index is 0.417. The highest BCUT2D eigenvalue weighted by Gasteiger charge is 2.28. The van der Waals surface area contributed by atoms with Crippen LogP contribution in [0.4, 0.5) is 0 Å². The molecule has 3 unspecified atom stereocenters. The predicted molar refractivity (Wildman–Crippen MR) is 84.4 cm³/mol. The lowest BCUT2D eigenvalue weighted by molar-refractivity contribution is 0.154. The van der Waals surface area contributed by atoms with E-state index in [1.54, 1.807) is 0 Å². The van der Waals surface area contributed by atoms with Crippen molar-refractivity contribution in [1.29, 1.82) is 0 Å². The molecule has 1 fully saturated rings. The quantitative estimate of drug-likeness (QED) is 0.860. The standard InChI is InChI=1S/C16H28N2S/c1-3-13-7-8-16(17)14(10-13)11-18(4-2)12-15-6-5-9-19-15/h5-6,9,13-14,16H,3-4,7-8,10-12,17H2,1-2H3. The van der Waals surface area contributed by atoms with Gasteiger partial charge in [0.05, 0.1) is 0 Å². The SMILES string of the molecule is CCC1CCC(N)C(CN(CC)Cc2cccs2)C1. The van der Waals surface area contributed by atoms with Gasteiger partial charge in [-0.2, -0.15) is 0 Å². The van der Waals surface area contributed by atoms with Gasteiger partial charge in [0.1, 0.15) is 0 Å². The molecule has 0 aromatic carbocycles. The Morgan fingerprint density at radius 2 is 2.21 bits per heavy atom. The molecule has 2 nitrogen and oxygen atoms in total. The fourth-order valence-electron chi connectivity index (χ4n) is 3.23. The van der Waals surface area contributed by atoms with E-state index in [-0.39, 0.29) is 0 Å². The molecule has 108 valence electrons. The molecular formula is C16H28N2S. The van der Waals surface area contributed by atoms with Crippen LogP contribution in [0.3, 0.4) is 0 Å². The molecule has 0 radical (unpaired) electrons. The van der Waals surface area contributed by atoms with Crippen molar-refractivity contribution < 1.29 is 0 Å². The lowest BCUT2D eigenvalue weighted by atomic mass is 9.77. The van der Waals surface area contributed by atoms with Crippen molar-refractivity contribution in [1.82, 2.24) is 4.90 Å². The van der Waals surface area contributed by atoms with E-state index in [1.165, 1.54) is 37.1 Å². The van der Waals surface area contributed by atoms with Crippen molar-refractivity contribution in [3.8, 4) is 0 Å². The van der Waals surface area contributed by atoms with E-state index < -0.39 is 0 Å². The second-order valence-electron chi connectivity index (χ2n) is 5.92. The summed E-state index contributed by atoms with van der Waals surface area (Å²) in [6.45, 7) is 7.97. The van der Waals surface area contributed by atoms with Gasteiger partial charge in [0.15, 0.2) is 0 Å². The van der Waals surface area contributed by atoms with Crippen molar-refractivity contribution in [3.05, 3.63) is 22.4 Å². The summed E-state index contributed by atoms with van der Waals surface area (Å²) in [5.74, 6) is 1.60. The van der Waals surface area contributed by atoms with Crippen LogP contribution in [-0.2, 0) is 6.54 Å². The Kier molecular flexibility index (Phi) is 5.86. The van der Waals surface area contributed by atoms with Crippen LogP contribution >= 0.6 is 11.3 Å². The molecule has 1 saturated carbocycles. The monoisotopic (exact) mass is 280 g/mol. The summed E-state index contributed by atoms with van der Waals surface area (Å²) in [6.07, 6.45) is 5.21. The topological polar surface area (TPSA) is 29.3 Å². The molecular weight excluding hydrogens is 252 g/mol. The van der Waals surface area contributed by atoms with Crippen molar-refractivity contribution >= 4 is 11.3 Å². The van der Waals surface area contributed by atoms with E-state index in [4.69, 9.17) is 5.73 Å². The van der Waals surface area contributed by atoms with Gasteiger partial charge in [-0.3, -0.25) is 4.90 Å². The highest BCUT2D eigenvalue weighted by Crippen LogP contribution is 2.31. The maximum Gasteiger partial charge on any atom is 0.0327 e. The minimum absolute atomic E-state index is 0.417. The van der Waals surface area contributed by atoms with Gasteiger partial charge in [0.2, 0.25) is 0 Å². The number of thiophene rings is 1. The molecule has 1 aliphatic carbocycles. The zero-order chi connectivity index (χ0) is 13.7. The van der Waals surface area contributed by atoms with Crippen LogP contribution in [0.25, 0.3) is 0 Å². The highest BCUT2D eigenvalue weighted by molar-refractivity contribution is 7.09. The van der Waals surface area contributed by atoms with Gasteiger partial charge in [-0.25, -0.2) is 0 Å². The summed E-state index contributed by atoms with van der Waals surface area (Å²) in [7, 11) is 0. The Morgan fingerprint density at radius 1 is 1.37 bits per heavy atom. The number of hydrogen-bond acceptors (Lipinski definition) is 3. The van der Waals surface area contributed by atoms with Gasteiger partial charge in [0.25, 0.3) is 0 Å². The van der Waals surface area contributed by atoms with Crippen molar-refractivity contribution in [2.24, 2.45) is 17.6 Å². The molecule has 3 atom stereocenters. The Labute approximate surface area is 122 Å². The van der Waals surface area contributed by atoms with Gasteiger partial charge < -0.3 is 5.73 Å². The van der Waals surface area contributed by atoms with Crippen molar-refractivity contribution in [3.63, 3.8) is 0 Å². The summed E-state index contributed by atoms with van der Waals surface area (Å²) in [4.78, 5) is 4.03. The van der Waals surface area contributed by atoms with Crippen LogP contribution in [0.15, 0.2) is 17.5 Å². The average Bonchev–Trinajstić information content (AvgIpc) is 2.93. The first-order chi connectivity index (χ1) is 9.22. The normalized spacial score (nSPS) is 27.9. The summed E-state index contributed by atoms with van der Waals surface area (Å²) >= 11 is 1.86. The van der Waals surface area contributed by atoms with Gasteiger partial charge in [-0.05, 0) is 49.1 Å². The number of rotatable bonds is 6. The van der Waals surface area contributed by atoms with Crippen LogP contribution in [0.1, 0.15) is 44.4 Å². The smallest absolute Gasteiger partial charge is 0.0327 e. The van der Waals surface area contributed by atoms with E-state index in [0.717, 1.165) is 19.0 Å². The largest absolute Gasteiger partial charge is 0.327 e. The van der Waals surface area contributed by atoms with Gasteiger partial charge in [-0.1, -0.05) is 26.3 Å². The molecule has 0 saturated heterocycles. The molecule has 0 spiro atoms. The molecule has 1 heterocycles. The Bertz CT molecular complexity index is 350. The summed E-state index contributed by atoms with van der Waals surface area (Å²) in [5.41, 5.74) is 6.35. The second-order valence-corrected chi connectivity index (χ2v) is 6.95. The summed E-state index contributed by atoms with van der Waals surface area (Å²) in [5, 5.41) is 2.17. The van der Waals surface area contributed by atoms with Gasteiger partial charge in [-0.15, -0.1) is 11.3 Å². The van der Waals surface area contributed by atoms with Crippen molar-refractivity contribution in [2.75, 3.05) is 13.1 Å². The molecule has 19 heavy (non-hydrogen) atoms. The lowest BCUT2D eigenvalue weighted by Gasteiger charge is -2.36. The molecule has 3 heteroatoms. The third kappa shape index (κ3) is 4.30. The summed E-state index contributed by atoms with van der Waals surface area (Å²) < 4.78 is 0. The number of nitrogens with zero attached hydrogens (tertiary/aromatic N) is 1. The van der Waals surface area contributed by atoms with Crippen LogP contribution in [0.5, 0.6) is 0 Å². The van der Waals surface area contributed by atoms with Crippen molar-refractivity contribution in [2.45, 2.75) is 52.1 Å². The zero-order valence-corrected chi connectivity index (χ0v) is 13.2. The molecule has 0 bridgehead atoms. The van der Waals surface area contributed by atoms with Gasteiger partial charge >= 0.3 is 0 Å². The second kappa shape index (κ2) is 7.41. The molecule has 1 aromatic heterocycles.